The first-order valence-corrected chi connectivity index (χ1v) is 15.9. The molecule has 0 aromatic rings. The Bertz CT molecular complexity index is 991. The SMILES string of the molecule is C=CCN(CCC)C(=O)[C@H]1[C@H]2C(=O)N(CCCCO)C(C(=O)N(CC=C)C(C)(C)CC(C)(C)C)C23CC[C@]1(C)S3. The van der Waals surface area contributed by atoms with E-state index in [0.717, 1.165) is 25.7 Å². The maximum atomic E-state index is 14.8. The van der Waals surface area contributed by atoms with Gasteiger partial charge in [-0.2, -0.15) is 0 Å². The van der Waals surface area contributed by atoms with Crippen LogP contribution in [0.3, 0.4) is 0 Å². The van der Waals surface area contributed by atoms with Crippen molar-refractivity contribution in [1.29, 1.82) is 0 Å². The van der Waals surface area contributed by atoms with Crippen molar-refractivity contribution in [2.24, 2.45) is 17.3 Å². The minimum absolute atomic E-state index is 0.00419. The number of hydrogen-bond acceptors (Lipinski definition) is 5. The van der Waals surface area contributed by atoms with Crippen LogP contribution in [0.25, 0.3) is 0 Å². The third-order valence-electron chi connectivity index (χ3n) is 9.01. The Labute approximate surface area is 246 Å². The van der Waals surface area contributed by atoms with Gasteiger partial charge in [0.1, 0.15) is 6.04 Å². The highest BCUT2D eigenvalue weighted by Gasteiger charge is 2.77. The molecule has 0 aromatic heterocycles. The zero-order valence-electron chi connectivity index (χ0n) is 26.0. The van der Waals surface area contributed by atoms with Gasteiger partial charge in [0.25, 0.3) is 0 Å². The van der Waals surface area contributed by atoms with E-state index in [2.05, 4.69) is 54.7 Å². The number of rotatable bonds is 14. The first kappa shape index (κ1) is 32.7. The third kappa shape index (κ3) is 5.90. The van der Waals surface area contributed by atoms with Gasteiger partial charge in [0, 0.05) is 43.1 Å². The molecule has 2 bridgehead atoms. The van der Waals surface area contributed by atoms with Gasteiger partial charge in [-0.05, 0) is 64.7 Å². The minimum atomic E-state index is -0.647. The Morgan fingerprint density at radius 2 is 1.75 bits per heavy atom. The summed E-state index contributed by atoms with van der Waals surface area (Å²) in [5.74, 6) is -1.12. The molecular weight excluding hydrogens is 522 g/mol. The maximum absolute atomic E-state index is 14.8. The molecule has 7 nitrogen and oxygen atoms in total. The van der Waals surface area contributed by atoms with Crippen molar-refractivity contribution in [1.82, 2.24) is 14.7 Å². The largest absolute Gasteiger partial charge is 0.396 e. The molecule has 0 radical (unpaired) electrons. The van der Waals surface area contributed by atoms with Crippen LogP contribution in [-0.2, 0) is 14.4 Å². The van der Waals surface area contributed by atoms with Gasteiger partial charge in [-0.15, -0.1) is 24.9 Å². The number of unbranched alkanes of at least 4 members (excludes halogenated alkanes) is 1. The van der Waals surface area contributed by atoms with Crippen LogP contribution in [0.1, 0.15) is 87.0 Å². The molecule has 8 heteroatoms. The number of thioether (sulfide) groups is 1. The smallest absolute Gasteiger partial charge is 0.247 e. The van der Waals surface area contributed by atoms with Gasteiger partial charge in [-0.3, -0.25) is 14.4 Å². The van der Waals surface area contributed by atoms with E-state index in [1.165, 1.54) is 0 Å². The molecule has 3 heterocycles. The summed E-state index contributed by atoms with van der Waals surface area (Å²) in [6, 6.07) is -0.647. The van der Waals surface area contributed by atoms with E-state index in [1.807, 2.05) is 16.7 Å². The number of amides is 3. The number of carbonyl (C=O) groups is 3. The van der Waals surface area contributed by atoms with Gasteiger partial charge in [0.15, 0.2) is 0 Å². The zero-order valence-corrected chi connectivity index (χ0v) is 26.8. The van der Waals surface area contributed by atoms with E-state index >= 15 is 0 Å². The lowest BCUT2D eigenvalue weighted by atomic mass is 9.66. The molecule has 1 N–H and O–H groups in total. The number of hydrogen-bond donors (Lipinski definition) is 1. The average Bonchev–Trinajstić information content (AvgIpc) is 3.41. The van der Waals surface area contributed by atoms with Crippen LogP contribution in [0.5, 0.6) is 0 Å². The van der Waals surface area contributed by atoms with Gasteiger partial charge < -0.3 is 19.8 Å². The first-order chi connectivity index (χ1) is 18.6. The standard InChI is InChI=1S/C32H53N3O4S/c1-10-17-33(18-11-2)26(37)23-24-27(38)34(20-13-14-21-36)25(32(24)16-15-31(23,9)40-32)28(39)35(19-12-3)30(7,8)22-29(4,5)6/h10,12,23-25,36H,1,3,11,13-22H2,2,4-9H3/t23-,24+,25?,31+,32?/m1/s1. The summed E-state index contributed by atoms with van der Waals surface area (Å²) in [6.45, 7) is 24.6. The normalized spacial score (nSPS) is 29.4. The molecule has 226 valence electrons. The highest BCUT2D eigenvalue weighted by molar-refractivity contribution is 8.02. The van der Waals surface area contributed by atoms with E-state index in [0.29, 0.717) is 39.0 Å². The van der Waals surface area contributed by atoms with E-state index < -0.39 is 32.9 Å². The molecule has 3 aliphatic rings. The van der Waals surface area contributed by atoms with Gasteiger partial charge in [-0.25, -0.2) is 0 Å². The molecule has 3 fully saturated rings. The Balaban J connectivity index is 2.11. The Hall–Kier alpha value is -1.80. The van der Waals surface area contributed by atoms with Crippen molar-refractivity contribution in [3.63, 3.8) is 0 Å². The molecule has 0 aromatic carbocycles. The number of likely N-dealkylation sites (tertiary alicyclic amines) is 1. The first-order valence-electron chi connectivity index (χ1n) is 15.1. The molecule has 0 saturated carbocycles. The van der Waals surface area contributed by atoms with Crippen molar-refractivity contribution in [3.05, 3.63) is 25.3 Å². The molecule has 3 aliphatic heterocycles. The second-order valence-electron chi connectivity index (χ2n) is 14.1. The Morgan fingerprint density at radius 3 is 2.30 bits per heavy atom. The summed E-state index contributed by atoms with van der Waals surface area (Å²) in [5.41, 5.74) is -0.462. The van der Waals surface area contributed by atoms with Gasteiger partial charge >= 0.3 is 0 Å². The quantitative estimate of drug-likeness (QED) is 0.236. The number of carbonyl (C=O) groups excluding carboxylic acids is 3. The zero-order chi connectivity index (χ0) is 30.1. The second-order valence-corrected chi connectivity index (χ2v) is 15.9. The summed E-state index contributed by atoms with van der Waals surface area (Å²) < 4.78 is -1.05. The summed E-state index contributed by atoms with van der Waals surface area (Å²) >= 11 is 1.73. The van der Waals surface area contributed by atoms with Crippen LogP contribution in [0.4, 0.5) is 0 Å². The predicted molar refractivity (Wildman–Crippen MR) is 164 cm³/mol. The van der Waals surface area contributed by atoms with Crippen LogP contribution < -0.4 is 0 Å². The Morgan fingerprint density at radius 1 is 1.10 bits per heavy atom. The van der Waals surface area contributed by atoms with Crippen LogP contribution in [0.2, 0.25) is 0 Å². The van der Waals surface area contributed by atoms with Crippen LogP contribution in [0.15, 0.2) is 25.3 Å². The molecule has 0 aliphatic carbocycles. The van der Waals surface area contributed by atoms with Crippen LogP contribution >= 0.6 is 11.8 Å². The molecule has 3 amide bonds. The molecule has 40 heavy (non-hydrogen) atoms. The van der Waals surface area contributed by atoms with Gasteiger partial charge in [0.05, 0.1) is 16.6 Å². The Kier molecular flexibility index (Phi) is 9.98. The van der Waals surface area contributed by atoms with Crippen molar-refractivity contribution in [2.45, 2.75) is 108 Å². The van der Waals surface area contributed by atoms with Crippen molar-refractivity contribution in [3.8, 4) is 0 Å². The monoisotopic (exact) mass is 575 g/mol. The number of aliphatic hydroxyl groups excluding tert-OH is 1. The fourth-order valence-electron chi connectivity index (χ4n) is 7.93. The number of fused-ring (bicyclic) bond motifs is 1. The molecule has 3 saturated heterocycles. The second kappa shape index (κ2) is 12.2. The maximum Gasteiger partial charge on any atom is 0.247 e. The minimum Gasteiger partial charge on any atom is -0.396 e. The van der Waals surface area contributed by atoms with Crippen LogP contribution in [0, 0.1) is 17.3 Å². The summed E-state index contributed by atoms with van der Waals surface area (Å²) in [4.78, 5) is 48.9. The third-order valence-corrected chi connectivity index (χ3v) is 11.0. The average molecular weight is 576 g/mol. The summed E-state index contributed by atoms with van der Waals surface area (Å²) in [7, 11) is 0. The van der Waals surface area contributed by atoms with Gasteiger partial charge in [0.2, 0.25) is 17.7 Å². The lowest BCUT2D eigenvalue weighted by molar-refractivity contribution is -0.147. The highest BCUT2D eigenvalue weighted by Crippen LogP contribution is 2.71. The van der Waals surface area contributed by atoms with Gasteiger partial charge in [-0.1, -0.05) is 39.8 Å². The van der Waals surface area contributed by atoms with Crippen molar-refractivity contribution in [2.75, 3.05) is 32.8 Å². The lowest BCUT2D eigenvalue weighted by Gasteiger charge is -2.46. The van der Waals surface area contributed by atoms with E-state index in [4.69, 9.17) is 0 Å². The molecule has 2 unspecified atom stereocenters. The highest BCUT2D eigenvalue weighted by atomic mass is 32.2. The predicted octanol–water partition coefficient (Wildman–Crippen LogP) is 4.89. The van der Waals surface area contributed by atoms with E-state index in [9.17, 15) is 19.5 Å². The van der Waals surface area contributed by atoms with E-state index in [-0.39, 0.29) is 29.7 Å². The van der Waals surface area contributed by atoms with Crippen molar-refractivity contribution < 1.29 is 19.5 Å². The number of aliphatic hydroxyl groups is 1. The van der Waals surface area contributed by atoms with Crippen LogP contribution in [-0.4, -0.2) is 91.4 Å². The molecule has 5 atom stereocenters. The fraction of sp³-hybridized carbons (Fsp3) is 0.781. The summed E-state index contributed by atoms with van der Waals surface area (Å²) in [6.07, 6.45) is 7.85. The lowest BCUT2D eigenvalue weighted by Crippen LogP contribution is -2.60. The molecule has 3 rings (SSSR count). The number of nitrogens with zero attached hydrogens (tertiary/aromatic N) is 3. The fourth-order valence-corrected chi connectivity index (χ4v) is 10.3. The topological polar surface area (TPSA) is 81.2 Å². The van der Waals surface area contributed by atoms with Crippen molar-refractivity contribution >= 4 is 29.5 Å². The molecule has 1 spiro atoms. The van der Waals surface area contributed by atoms with E-state index in [1.54, 1.807) is 28.8 Å². The molecular formula is C32H53N3O4S. The summed E-state index contributed by atoms with van der Waals surface area (Å²) in [5, 5.41) is 9.48.